The first-order chi connectivity index (χ1) is 14.8. The largest absolute Gasteiger partial charge is 0.345 e. The minimum atomic E-state index is -0.296. The molecule has 1 aliphatic carbocycles. The minimum absolute atomic E-state index is 0.0849. The zero-order chi connectivity index (χ0) is 22.1. The van der Waals surface area contributed by atoms with Crippen molar-refractivity contribution in [2.75, 3.05) is 19.4 Å². The van der Waals surface area contributed by atoms with Crippen molar-refractivity contribution in [2.24, 2.45) is 0 Å². The summed E-state index contributed by atoms with van der Waals surface area (Å²) in [4.78, 5) is 45.6. The summed E-state index contributed by atoms with van der Waals surface area (Å²) in [7, 11) is 3.31. The van der Waals surface area contributed by atoms with Crippen LogP contribution in [-0.2, 0) is 24.2 Å². The molecule has 1 aromatic carbocycles. The number of anilines is 1. The number of fused-ring (bicyclic) bond motifs is 3. The zero-order valence-electron chi connectivity index (χ0n) is 17.4. The van der Waals surface area contributed by atoms with Crippen molar-refractivity contribution in [1.29, 1.82) is 0 Å². The van der Waals surface area contributed by atoms with Crippen molar-refractivity contribution in [3.8, 4) is 0 Å². The number of thiophene rings is 1. The van der Waals surface area contributed by atoms with E-state index in [4.69, 9.17) is 11.6 Å². The van der Waals surface area contributed by atoms with E-state index in [1.54, 1.807) is 43.6 Å². The van der Waals surface area contributed by atoms with E-state index in [1.807, 2.05) is 0 Å². The van der Waals surface area contributed by atoms with Gasteiger partial charge in [-0.2, -0.15) is 0 Å². The van der Waals surface area contributed by atoms with Crippen LogP contribution in [0, 0.1) is 0 Å². The van der Waals surface area contributed by atoms with Crippen LogP contribution in [0.2, 0.25) is 5.02 Å². The standard InChI is InChI=1S/C22H23ClN4O3S/c1-26(2)21(29)13-7-8-15(23)16(11-13)25-18(28)9-10-27-12-24-20-19(22(27)30)14-5-3-4-6-17(14)31-20/h7-8,11-12H,3-6,9-10H2,1-2H3,(H,25,28). The smallest absolute Gasteiger partial charge is 0.262 e. The molecule has 0 unspecified atom stereocenters. The van der Waals surface area contributed by atoms with Crippen LogP contribution in [0.5, 0.6) is 0 Å². The number of rotatable bonds is 5. The SMILES string of the molecule is CN(C)C(=O)c1ccc(Cl)c(NC(=O)CCn2cnc3sc4c(c3c2=O)CCCC4)c1. The molecule has 162 valence electrons. The van der Waals surface area contributed by atoms with Gasteiger partial charge in [0.15, 0.2) is 0 Å². The molecule has 2 aromatic heterocycles. The summed E-state index contributed by atoms with van der Waals surface area (Å²) in [6, 6.07) is 4.75. The third kappa shape index (κ3) is 4.36. The highest BCUT2D eigenvalue weighted by Crippen LogP contribution is 2.33. The van der Waals surface area contributed by atoms with Gasteiger partial charge in [0.2, 0.25) is 5.91 Å². The van der Waals surface area contributed by atoms with Crippen LogP contribution in [0.3, 0.4) is 0 Å². The number of carbonyl (C=O) groups is 2. The van der Waals surface area contributed by atoms with Crippen LogP contribution in [0.25, 0.3) is 10.2 Å². The molecule has 0 saturated heterocycles. The highest BCUT2D eigenvalue weighted by atomic mass is 35.5. The van der Waals surface area contributed by atoms with E-state index < -0.39 is 0 Å². The highest BCUT2D eigenvalue weighted by Gasteiger charge is 2.20. The highest BCUT2D eigenvalue weighted by molar-refractivity contribution is 7.18. The van der Waals surface area contributed by atoms with Gasteiger partial charge in [-0.1, -0.05) is 11.6 Å². The predicted molar refractivity (Wildman–Crippen MR) is 123 cm³/mol. The Kier molecular flexibility index (Phi) is 6.11. The molecule has 7 nitrogen and oxygen atoms in total. The van der Waals surface area contributed by atoms with Crippen molar-refractivity contribution in [2.45, 2.75) is 38.6 Å². The Morgan fingerprint density at radius 3 is 2.81 bits per heavy atom. The molecule has 0 fully saturated rings. The Hall–Kier alpha value is -2.71. The summed E-state index contributed by atoms with van der Waals surface area (Å²) in [6.45, 7) is 0.214. The first kappa shape index (κ1) is 21.5. The molecule has 0 bridgehead atoms. The molecular formula is C22H23ClN4O3S. The summed E-state index contributed by atoms with van der Waals surface area (Å²) >= 11 is 7.79. The van der Waals surface area contributed by atoms with Crippen LogP contribution in [0.15, 0.2) is 29.3 Å². The fourth-order valence-electron chi connectivity index (χ4n) is 3.79. The molecule has 31 heavy (non-hydrogen) atoms. The summed E-state index contributed by atoms with van der Waals surface area (Å²) in [5, 5.41) is 3.79. The number of aryl methyl sites for hydroxylation is 3. The molecule has 1 aliphatic rings. The number of benzene rings is 1. The molecule has 1 N–H and O–H groups in total. The zero-order valence-corrected chi connectivity index (χ0v) is 19.0. The lowest BCUT2D eigenvalue weighted by Gasteiger charge is -2.13. The fourth-order valence-corrected chi connectivity index (χ4v) is 5.17. The Labute approximate surface area is 188 Å². The molecule has 4 rings (SSSR count). The van der Waals surface area contributed by atoms with Crippen molar-refractivity contribution in [3.63, 3.8) is 0 Å². The van der Waals surface area contributed by atoms with E-state index in [0.29, 0.717) is 21.7 Å². The Morgan fingerprint density at radius 1 is 1.26 bits per heavy atom. The van der Waals surface area contributed by atoms with Gasteiger partial charge in [-0.15, -0.1) is 11.3 Å². The van der Waals surface area contributed by atoms with Gasteiger partial charge >= 0.3 is 0 Å². The fraction of sp³-hybridized carbons (Fsp3) is 0.364. The molecule has 2 heterocycles. The number of nitrogens with one attached hydrogen (secondary N) is 1. The number of carbonyl (C=O) groups excluding carboxylic acids is 2. The normalized spacial score (nSPS) is 13.1. The topological polar surface area (TPSA) is 84.3 Å². The Morgan fingerprint density at radius 2 is 2.03 bits per heavy atom. The number of amides is 2. The van der Waals surface area contributed by atoms with E-state index >= 15 is 0 Å². The minimum Gasteiger partial charge on any atom is -0.345 e. The molecule has 0 radical (unpaired) electrons. The Bertz CT molecular complexity index is 1230. The van der Waals surface area contributed by atoms with Gasteiger partial charge in [0.25, 0.3) is 11.5 Å². The molecule has 9 heteroatoms. The number of hydrogen-bond acceptors (Lipinski definition) is 5. The van der Waals surface area contributed by atoms with Crippen LogP contribution in [-0.4, -0.2) is 40.4 Å². The average molecular weight is 459 g/mol. The van der Waals surface area contributed by atoms with Crippen molar-refractivity contribution >= 4 is 50.7 Å². The number of halogens is 1. The van der Waals surface area contributed by atoms with Gasteiger partial charge in [0, 0.05) is 37.5 Å². The van der Waals surface area contributed by atoms with Crippen LogP contribution in [0.1, 0.15) is 40.1 Å². The van der Waals surface area contributed by atoms with Crippen molar-refractivity contribution in [1.82, 2.24) is 14.5 Å². The number of nitrogens with zero attached hydrogens (tertiary/aromatic N) is 3. The van der Waals surface area contributed by atoms with Crippen LogP contribution < -0.4 is 10.9 Å². The quantitative estimate of drug-likeness (QED) is 0.631. The second-order valence-corrected chi connectivity index (χ2v) is 9.32. The molecule has 2 amide bonds. The molecule has 0 spiro atoms. The predicted octanol–water partition coefficient (Wildman–Crippen LogP) is 3.72. The first-order valence-corrected chi connectivity index (χ1v) is 11.4. The van der Waals surface area contributed by atoms with Gasteiger partial charge in [-0.05, 0) is 49.4 Å². The maximum absolute atomic E-state index is 13.0. The number of aromatic nitrogens is 2. The number of hydrogen-bond donors (Lipinski definition) is 1. The van der Waals surface area contributed by atoms with Gasteiger partial charge < -0.3 is 10.2 Å². The molecule has 0 saturated carbocycles. The second-order valence-electron chi connectivity index (χ2n) is 7.83. The van der Waals surface area contributed by atoms with Crippen LogP contribution >= 0.6 is 22.9 Å². The average Bonchev–Trinajstić information content (AvgIpc) is 3.13. The molecular weight excluding hydrogens is 436 g/mol. The third-order valence-corrected chi connectivity index (χ3v) is 6.94. The van der Waals surface area contributed by atoms with E-state index in [9.17, 15) is 14.4 Å². The third-order valence-electron chi connectivity index (χ3n) is 5.42. The van der Waals surface area contributed by atoms with E-state index in [-0.39, 0.29) is 30.3 Å². The second kappa shape index (κ2) is 8.80. The lowest BCUT2D eigenvalue weighted by atomic mass is 9.97. The molecule has 0 aliphatic heterocycles. The van der Waals surface area contributed by atoms with Gasteiger partial charge in [0.1, 0.15) is 4.83 Å². The van der Waals surface area contributed by atoms with E-state index in [1.165, 1.54) is 20.7 Å². The monoisotopic (exact) mass is 458 g/mol. The lowest BCUT2D eigenvalue weighted by Crippen LogP contribution is -2.24. The van der Waals surface area contributed by atoms with Crippen molar-refractivity contribution in [3.05, 3.63) is 55.9 Å². The summed E-state index contributed by atoms with van der Waals surface area (Å²) < 4.78 is 1.50. The first-order valence-electron chi connectivity index (χ1n) is 10.2. The Balaban J connectivity index is 1.49. The molecule has 3 aromatic rings. The summed E-state index contributed by atoms with van der Waals surface area (Å²) in [5.74, 6) is -0.479. The van der Waals surface area contributed by atoms with Crippen LogP contribution in [0.4, 0.5) is 5.69 Å². The van der Waals surface area contributed by atoms with Gasteiger partial charge in [0.05, 0.1) is 22.4 Å². The van der Waals surface area contributed by atoms with Gasteiger partial charge in [-0.25, -0.2) is 4.98 Å². The molecule has 0 atom stereocenters. The maximum atomic E-state index is 13.0. The van der Waals surface area contributed by atoms with Gasteiger partial charge in [-0.3, -0.25) is 19.0 Å². The summed E-state index contributed by atoms with van der Waals surface area (Å²) in [5.41, 5.74) is 1.84. The lowest BCUT2D eigenvalue weighted by molar-refractivity contribution is -0.116. The van der Waals surface area contributed by atoms with E-state index in [0.717, 1.165) is 36.1 Å². The maximum Gasteiger partial charge on any atom is 0.262 e. The van der Waals surface area contributed by atoms with Crippen molar-refractivity contribution < 1.29 is 9.59 Å². The van der Waals surface area contributed by atoms with E-state index in [2.05, 4.69) is 10.3 Å². The summed E-state index contributed by atoms with van der Waals surface area (Å²) in [6.07, 6.45) is 5.76.